The van der Waals surface area contributed by atoms with Crippen LogP contribution in [0.15, 0.2) is 82.4 Å². The molecule has 0 aliphatic heterocycles. The average Bonchev–Trinajstić information content (AvgIpc) is 3.23. The lowest BCUT2D eigenvalue weighted by Gasteiger charge is -2.13. The maximum absolute atomic E-state index is 13.7. The number of rotatable bonds is 7. The number of hydrogen-bond donors (Lipinski definition) is 1. The van der Waals surface area contributed by atoms with Crippen molar-refractivity contribution >= 4 is 22.6 Å². The molecule has 1 atom stereocenters. The fourth-order valence-electron chi connectivity index (χ4n) is 4.43. The minimum atomic E-state index is -0.371. The molecule has 188 valence electrons. The number of carbonyl (C=O) groups excluding carboxylic acids is 1. The second kappa shape index (κ2) is 9.89. The zero-order valence-corrected chi connectivity index (χ0v) is 21.1. The molecule has 0 aliphatic rings. The summed E-state index contributed by atoms with van der Waals surface area (Å²) in [5.74, 6) is -0.0161. The molecule has 0 saturated carbocycles. The molecule has 5 rings (SSSR count). The van der Waals surface area contributed by atoms with Crippen molar-refractivity contribution in [2.24, 2.45) is 0 Å². The summed E-state index contributed by atoms with van der Waals surface area (Å²) >= 11 is 0. The van der Waals surface area contributed by atoms with E-state index in [0.717, 1.165) is 23.1 Å². The topological polar surface area (TPSA) is 90.4 Å². The Morgan fingerprint density at radius 1 is 0.973 bits per heavy atom. The number of amides is 1. The molecule has 0 radical (unpaired) electrons. The zero-order valence-electron chi connectivity index (χ0n) is 21.1. The van der Waals surface area contributed by atoms with Crippen LogP contribution < -0.4 is 16.6 Å². The molecule has 37 heavy (non-hydrogen) atoms. The van der Waals surface area contributed by atoms with Crippen molar-refractivity contribution in [2.75, 3.05) is 0 Å². The molecule has 0 bridgehead atoms. The van der Waals surface area contributed by atoms with Crippen molar-refractivity contribution in [3.8, 4) is 0 Å². The molecule has 2 aromatic heterocycles. The van der Waals surface area contributed by atoms with E-state index < -0.39 is 0 Å². The summed E-state index contributed by atoms with van der Waals surface area (Å²) in [7, 11) is 0. The zero-order chi connectivity index (χ0) is 26.1. The second-order valence-electron chi connectivity index (χ2n) is 9.39. The third-order valence-corrected chi connectivity index (χ3v) is 6.79. The predicted octanol–water partition coefficient (Wildman–Crippen LogP) is 3.74. The number of fused-ring (bicyclic) bond motifs is 3. The minimum Gasteiger partial charge on any atom is -0.350 e. The van der Waals surface area contributed by atoms with Crippen molar-refractivity contribution in [1.82, 2.24) is 24.1 Å². The summed E-state index contributed by atoms with van der Waals surface area (Å²) in [6, 6.07) is 22.2. The Morgan fingerprint density at radius 2 is 1.70 bits per heavy atom. The fraction of sp³-hybridized carbons (Fsp3) is 0.241. The van der Waals surface area contributed by atoms with E-state index in [1.807, 2.05) is 75.4 Å². The molecule has 1 N–H and O–H groups in total. The van der Waals surface area contributed by atoms with Gasteiger partial charge in [-0.05, 0) is 55.2 Å². The standard InChI is InChI=1S/C29H29N5O3/c1-4-20(3)30-26(35)22-14-15-24-25(16-22)34-28(32(27(24)36)17-21-11-6-5-7-12-21)31-33(29(34)37)18-23-13-9-8-10-19(23)2/h5-16,20H,4,17-18H2,1-3H3,(H,30,35). The van der Waals surface area contributed by atoms with Gasteiger partial charge in [-0.2, -0.15) is 0 Å². The van der Waals surface area contributed by atoms with E-state index >= 15 is 0 Å². The average molecular weight is 496 g/mol. The van der Waals surface area contributed by atoms with Crippen molar-refractivity contribution in [3.05, 3.63) is 116 Å². The maximum Gasteiger partial charge on any atom is 0.352 e. The van der Waals surface area contributed by atoms with Crippen LogP contribution in [0.3, 0.4) is 0 Å². The number of hydrogen-bond acceptors (Lipinski definition) is 4. The lowest BCUT2D eigenvalue weighted by molar-refractivity contribution is 0.0939. The lowest BCUT2D eigenvalue weighted by Crippen LogP contribution is -2.32. The number of carbonyl (C=O) groups is 1. The Hall–Kier alpha value is -4.46. The van der Waals surface area contributed by atoms with Crippen molar-refractivity contribution < 1.29 is 4.79 Å². The number of benzene rings is 3. The van der Waals surface area contributed by atoms with Gasteiger partial charge in [0.05, 0.1) is 24.0 Å². The molecular weight excluding hydrogens is 466 g/mol. The minimum absolute atomic E-state index is 0.00155. The van der Waals surface area contributed by atoms with Crippen LogP contribution in [0.2, 0.25) is 0 Å². The van der Waals surface area contributed by atoms with E-state index in [4.69, 9.17) is 0 Å². The van der Waals surface area contributed by atoms with Crippen molar-refractivity contribution in [3.63, 3.8) is 0 Å². The van der Waals surface area contributed by atoms with E-state index in [9.17, 15) is 14.4 Å². The Kier molecular flexibility index (Phi) is 6.48. The highest BCUT2D eigenvalue weighted by Crippen LogP contribution is 2.16. The summed E-state index contributed by atoms with van der Waals surface area (Å²) < 4.78 is 4.34. The normalized spacial score (nSPS) is 12.2. The van der Waals surface area contributed by atoms with Gasteiger partial charge in [0.2, 0.25) is 5.78 Å². The van der Waals surface area contributed by atoms with Crippen LogP contribution in [0, 0.1) is 6.92 Å². The SMILES string of the molecule is CCC(C)NC(=O)c1ccc2c(=O)n(Cc3ccccc3)c3nn(Cc4ccccc4C)c(=O)n3c2c1. The molecule has 3 aromatic carbocycles. The summed E-state index contributed by atoms with van der Waals surface area (Å²) in [6.45, 7) is 6.43. The molecule has 5 aromatic rings. The largest absolute Gasteiger partial charge is 0.352 e. The van der Waals surface area contributed by atoms with Crippen molar-refractivity contribution in [1.29, 1.82) is 0 Å². The number of aromatic nitrogens is 4. The van der Waals surface area contributed by atoms with E-state index in [0.29, 0.717) is 16.5 Å². The molecule has 0 aliphatic carbocycles. The molecule has 8 nitrogen and oxygen atoms in total. The van der Waals surface area contributed by atoms with Crippen LogP contribution >= 0.6 is 0 Å². The number of aryl methyl sites for hydroxylation is 1. The summed E-state index contributed by atoms with van der Waals surface area (Å²) in [5, 5.41) is 7.92. The Bertz CT molecular complexity index is 1730. The van der Waals surface area contributed by atoms with Gasteiger partial charge in [0.1, 0.15) is 0 Å². The molecule has 0 spiro atoms. The van der Waals surface area contributed by atoms with E-state index in [1.54, 1.807) is 18.2 Å². The van der Waals surface area contributed by atoms with Gasteiger partial charge in [0.15, 0.2) is 0 Å². The number of nitrogens with zero attached hydrogens (tertiary/aromatic N) is 4. The van der Waals surface area contributed by atoms with Gasteiger partial charge in [-0.3, -0.25) is 14.2 Å². The highest BCUT2D eigenvalue weighted by molar-refractivity contribution is 5.98. The Labute approximate surface area is 213 Å². The van der Waals surface area contributed by atoms with Gasteiger partial charge in [-0.1, -0.05) is 61.5 Å². The fourth-order valence-corrected chi connectivity index (χ4v) is 4.43. The van der Waals surface area contributed by atoms with Gasteiger partial charge in [0.25, 0.3) is 11.5 Å². The molecule has 8 heteroatoms. The summed E-state index contributed by atoms with van der Waals surface area (Å²) in [4.78, 5) is 40.3. The van der Waals surface area contributed by atoms with E-state index in [2.05, 4.69) is 10.4 Å². The smallest absolute Gasteiger partial charge is 0.350 e. The highest BCUT2D eigenvalue weighted by Gasteiger charge is 2.20. The third kappa shape index (κ3) is 4.58. The van der Waals surface area contributed by atoms with Crippen LogP contribution in [-0.4, -0.2) is 30.7 Å². The summed E-state index contributed by atoms with van der Waals surface area (Å²) in [6.07, 6.45) is 0.791. The first kappa shape index (κ1) is 24.2. The van der Waals surface area contributed by atoms with Gasteiger partial charge in [-0.15, -0.1) is 5.10 Å². The summed E-state index contributed by atoms with van der Waals surface area (Å²) in [5.41, 5.74) is 3.02. The van der Waals surface area contributed by atoms with Crippen molar-refractivity contribution in [2.45, 2.75) is 46.3 Å². The van der Waals surface area contributed by atoms with Gasteiger partial charge in [-0.25, -0.2) is 13.9 Å². The van der Waals surface area contributed by atoms with Gasteiger partial charge >= 0.3 is 5.69 Å². The van der Waals surface area contributed by atoms with Gasteiger partial charge in [0, 0.05) is 11.6 Å². The first-order valence-electron chi connectivity index (χ1n) is 12.4. The molecular formula is C29H29N5O3. The third-order valence-electron chi connectivity index (χ3n) is 6.79. The molecule has 2 heterocycles. The Balaban J connectivity index is 1.74. The first-order valence-corrected chi connectivity index (χ1v) is 12.4. The number of nitrogens with one attached hydrogen (secondary N) is 1. The first-order chi connectivity index (χ1) is 17.9. The van der Waals surface area contributed by atoms with Crippen LogP contribution in [0.1, 0.15) is 47.3 Å². The van der Waals surface area contributed by atoms with Crippen LogP contribution in [0.4, 0.5) is 0 Å². The second-order valence-corrected chi connectivity index (χ2v) is 9.39. The molecule has 1 amide bonds. The van der Waals surface area contributed by atoms with Gasteiger partial charge < -0.3 is 5.32 Å². The molecule has 0 fully saturated rings. The predicted molar refractivity (Wildman–Crippen MR) is 144 cm³/mol. The van der Waals surface area contributed by atoms with E-state index in [1.165, 1.54) is 13.6 Å². The van der Waals surface area contributed by atoms with Crippen LogP contribution in [-0.2, 0) is 13.1 Å². The molecule has 1 unspecified atom stereocenters. The highest BCUT2D eigenvalue weighted by atomic mass is 16.2. The Morgan fingerprint density at radius 3 is 2.43 bits per heavy atom. The van der Waals surface area contributed by atoms with Crippen LogP contribution in [0.5, 0.6) is 0 Å². The van der Waals surface area contributed by atoms with Crippen LogP contribution in [0.25, 0.3) is 16.7 Å². The lowest BCUT2D eigenvalue weighted by atomic mass is 10.1. The quantitative estimate of drug-likeness (QED) is 0.372. The maximum atomic E-state index is 13.7. The monoisotopic (exact) mass is 495 g/mol. The molecule has 0 saturated heterocycles. The van der Waals surface area contributed by atoms with E-state index in [-0.39, 0.29) is 42.1 Å².